The Hall–Kier alpha value is -0.740. The molecule has 0 atom stereocenters. The number of halogens is 1. The molecule has 1 aromatic rings. The van der Waals surface area contributed by atoms with Crippen molar-refractivity contribution in [2.24, 2.45) is 0 Å². The summed E-state index contributed by atoms with van der Waals surface area (Å²) in [5.74, 6) is 0.444. The van der Waals surface area contributed by atoms with E-state index in [1.54, 1.807) is 6.07 Å². The third-order valence-electron chi connectivity index (χ3n) is 1.47. The molecule has 3 nitrogen and oxygen atoms in total. The first kappa shape index (κ1) is 11.3. The lowest BCUT2D eigenvalue weighted by atomic mass is 10.5. The summed E-state index contributed by atoms with van der Waals surface area (Å²) in [4.78, 5) is 14.9. The fourth-order valence-corrected chi connectivity index (χ4v) is 1.84. The number of carbonyl (C=O) groups excluding carboxylic acids is 1. The highest BCUT2D eigenvalue weighted by Crippen LogP contribution is 2.18. The Kier molecular flexibility index (Phi) is 4.76. The molecule has 1 rings (SSSR count). The van der Waals surface area contributed by atoms with Crippen molar-refractivity contribution in [2.45, 2.75) is 11.4 Å². The number of thioether (sulfide) groups is 1. The molecule has 14 heavy (non-hydrogen) atoms. The molecule has 0 aliphatic rings. The van der Waals surface area contributed by atoms with Gasteiger partial charge in [0, 0.05) is 5.75 Å². The Bertz CT molecular complexity index is 319. The van der Waals surface area contributed by atoms with E-state index in [1.165, 1.54) is 18.9 Å². The fourth-order valence-electron chi connectivity index (χ4n) is 0.811. The summed E-state index contributed by atoms with van der Waals surface area (Å²) < 4.78 is 4.51. The van der Waals surface area contributed by atoms with Gasteiger partial charge < -0.3 is 4.74 Å². The van der Waals surface area contributed by atoms with Crippen LogP contribution in [-0.4, -0.2) is 23.8 Å². The summed E-state index contributed by atoms with van der Waals surface area (Å²) >= 11 is 7.18. The van der Waals surface area contributed by atoms with Crippen molar-refractivity contribution in [2.75, 3.05) is 12.9 Å². The Morgan fingerprint density at radius 2 is 2.43 bits per heavy atom. The lowest BCUT2D eigenvalue weighted by Gasteiger charge is -2.00. The lowest BCUT2D eigenvalue weighted by Crippen LogP contribution is -2.01. The number of ether oxygens (including phenoxy) is 1. The van der Waals surface area contributed by atoms with Gasteiger partial charge in [-0.3, -0.25) is 4.79 Å². The van der Waals surface area contributed by atoms with Gasteiger partial charge in [-0.1, -0.05) is 17.7 Å². The molecular formula is C9H10ClNO2S. The van der Waals surface area contributed by atoms with Crippen LogP contribution in [0.15, 0.2) is 23.2 Å². The molecule has 0 saturated carbocycles. The number of hydrogen-bond acceptors (Lipinski definition) is 4. The standard InChI is InChI=1S/C9H10ClNO2S/c1-13-9(12)5-6-14-8-4-2-3-7(10)11-8/h2-4H,5-6H2,1H3. The normalized spacial score (nSPS) is 9.86. The van der Waals surface area contributed by atoms with Gasteiger partial charge in [0.15, 0.2) is 0 Å². The summed E-state index contributed by atoms with van der Waals surface area (Å²) in [6, 6.07) is 5.40. The number of hydrogen-bond donors (Lipinski definition) is 0. The number of esters is 1. The van der Waals surface area contributed by atoms with Gasteiger partial charge in [-0.05, 0) is 12.1 Å². The summed E-state index contributed by atoms with van der Waals surface area (Å²) in [6.07, 6.45) is 0.384. The van der Waals surface area contributed by atoms with Gasteiger partial charge in [-0.25, -0.2) is 4.98 Å². The van der Waals surface area contributed by atoms with Crippen LogP contribution in [0, 0.1) is 0 Å². The van der Waals surface area contributed by atoms with Gasteiger partial charge in [0.1, 0.15) is 5.15 Å². The molecule has 1 heterocycles. The predicted octanol–water partition coefficient (Wildman–Crippen LogP) is 2.39. The molecule has 0 spiro atoms. The van der Waals surface area contributed by atoms with E-state index >= 15 is 0 Å². The van der Waals surface area contributed by atoms with Crippen LogP contribution in [-0.2, 0) is 9.53 Å². The van der Waals surface area contributed by atoms with Crippen molar-refractivity contribution in [1.82, 2.24) is 4.98 Å². The quantitative estimate of drug-likeness (QED) is 0.453. The van der Waals surface area contributed by atoms with E-state index in [9.17, 15) is 4.79 Å². The average molecular weight is 232 g/mol. The highest BCUT2D eigenvalue weighted by Gasteiger charge is 2.01. The van der Waals surface area contributed by atoms with Gasteiger partial charge in [0.05, 0.1) is 18.6 Å². The molecule has 1 aromatic heterocycles. The Labute approximate surface area is 91.8 Å². The van der Waals surface area contributed by atoms with E-state index in [2.05, 4.69) is 9.72 Å². The fraction of sp³-hybridized carbons (Fsp3) is 0.333. The SMILES string of the molecule is COC(=O)CCSc1cccc(Cl)n1. The maximum atomic E-state index is 10.8. The average Bonchev–Trinajstić information content (AvgIpc) is 2.17. The second-order valence-corrected chi connectivity index (χ2v) is 3.98. The molecule has 0 saturated heterocycles. The molecule has 0 unspecified atom stereocenters. The van der Waals surface area contributed by atoms with E-state index < -0.39 is 0 Å². The first-order chi connectivity index (χ1) is 6.72. The maximum Gasteiger partial charge on any atom is 0.306 e. The summed E-state index contributed by atoms with van der Waals surface area (Å²) in [7, 11) is 1.38. The van der Waals surface area contributed by atoms with E-state index in [1.807, 2.05) is 12.1 Å². The topological polar surface area (TPSA) is 39.2 Å². The van der Waals surface area contributed by atoms with Gasteiger partial charge >= 0.3 is 5.97 Å². The van der Waals surface area contributed by atoms with E-state index in [-0.39, 0.29) is 5.97 Å². The van der Waals surface area contributed by atoms with Crippen molar-refractivity contribution in [3.8, 4) is 0 Å². The molecule has 5 heteroatoms. The highest BCUT2D eigenvalue weighted by molar-refractivity contribution is 7.99. The number of methoxy groups -OCH3 is 1. The van der Waals surface area contributed by atoms with Crippen molar-refractivity contribution >= 4 is 29.3 Å². The van der Waals surface area contributed by atoms with Crippen LogP contribution in [0.1, 0.15) is 6.42 Å². The zero-order chi connectivity index (χ0) is 10.4. The van der Waals surface area contributed by atoms with Crippen LogP contribution in [0.2, 0.25) is 5.15 Å². The maximum absolute atomic E-state index is 10.8. The first-order valence-electron chi connectivity index (χ1n) is 4.04. The van der Waals surface area contributed by atoms with Crippen molar-refractivity contribution in [1.29, 1.82) is 0 Å². The van der Waals surface area contributed by atoms with Crippen LogP contribution in [0.4, 0.5) is 0 Å². The van der Waals surface area contributed by atoms with Gasteiger partial charge in [0.25, 0.3) is 0 Å². The summed E-state index contributed by atoms with van der Waals surface area (Å²) in [5.41, 5.74) is 0. The molecule has 0 aliphatic heterocycles. The third kappa shape index (κ3) is 3.98. The molecule has 76 valence electrons. The number of pyridine rings is 1. The smallest absolute Gasteiger partial charge is 0.306 e. The number of rotatable bonds is 4. The van der Waals surface area contributed by atoms with Gasteiger partial charge in [-0.15, -0.1) is 11.8 Å². The molecule has 0 aliphatic carbocycles. The van der Waals surface area contributed by atoms with Crippen LogP contribution in [0.5, 0.6) is 0 Å². The zero-order valence-corrected chi connectivity index (χ0v) is 9.27. The molecule has 0 aromatic carbocycles. The monoisotopic (exact) mass is 231 g/mol. The lowest BCUT2D eigenvalue weighted by molar-refractivity contribution is -0.140. The molecular weight excluding hydrogens is 222 g/mol. The van der Waals surface area contributed by atoms with Crippen LogP contribution in [0.3, 0.4) is 0 Å². The summed E-state index contributed by atoms with van der Waals surface area (Å²) in [6.45, 7) is 0. The van der Waals surface area contributed by atoms with Crippen LogP contribution >= 0.6 is 23.4 Å². The van der Waals surface area contributed by atoms with Gasteiger partial charge in [-0.2, -0.15) is 0 Å². The third-order valence-corrected chi connectivity index (χ3v) is 2.62. The Morgan fingerprint density at radius 1 is 1.64 bits per heavy atom. The Balaban J connectivity index is 2.35. The van der Waals surface area contributed by atoms with Crippen LogP contribution in [0.25, 0.3) is 0 Å². The first-order valence-corrected chi connectivity index (χ1v) is 5.41. The predicted molar refractivity (Wildman–Crippen MR) is 56.6 cm³/mol. The van der Waals surface area contributed by atoms with Crippen molar-refractivity contribution in [3.05, 3.63) is 23.4 Å². The van der Waals surface area contributed by atoms with Crippen LogP contribution < -0.4 is 0 Å². The zero-order valence-electron chi connectivity index (χ0n) is 7.70. The molecule has 0 fully saturated rings. The van der Waals surface area contributed by atoms with Crippen molar-refractivity contribution < 1.29 is 9.53 Å². The second-order valence-electron chi connectivity index (χ2n) is 2.47. The number of nitrogens with zero attached hydrogens (tertiary/aromatic N) is 1. The highest BCUT2D eigenvalue weighted by atomic mass is 35.5. The number of carbonyl (C=O) groups is 1. The molecule has 0 bridgehead atoms. The minimum Gasteiger partial charge on any atom is -0.469 e. The molecule has 0 N–H and O–H groups in total. The minimum absolute atomic E-state index is 0.209. The Morgan fingerprint density at radius 3 is 3.07 bits per heavy atom. The van der Waals surface area contributed by atoms with Crippen molar-refractivity contribution in [3.63, 3.8) is 0 Å². The summed E-state index contributed by atoms with van der Waals surface area (Å²) in [5, 5.41) is 1.29. The minimum atomic E-state index is -0.209. The number of aromatic nitrogens is 1. The van der Waals surface area contributed by atoms with E-state index in [0.717, 1.165) is 5.03 Å². The second kappa shape index (κ2) is 5.88. The largest absolute Gasteiger partial charge is 0.469 e. The molecule has 0 radical (unpaired) electrons. The molecule has 0 amide bonds. The van der Waals surface area contributed by atoms with Gasteiger partial charge in [0.2, 0.25) is 0 Å². The van der Waals surface area contributed by atoms with E-state index in [0.29, 0.717) is 17.3 Å². The van der Waals surface area contributed by atoms with E-state index in [4.69, 9.17) is 11.6 Å².